The number of esters is 1. The standard InChI is InChI=1S/C24H30N6O5/c25-21(18-33-17-19-9-3-1-4-10-19)22-27-28-29-30(22)14-16-35-24(32)26-13-7-8-15-34-23(31)20-11-5-2-6-12-20/h1-6,9-12,21H,7-8,13-18,25H2,(H,26,32). The fourth-order valence-corrected chi connectivity index (χ4v) is 3.10. The maximum absolute atomic E-state index is 11.9. The molecule has 0 saturated heterocycles. The second kappa shape index (κ2) is 14.4. The minimum absolute atomic E-state index is 0.0795. The monoisotopic (exact) mass is 482 g/mol. The van der Waals surface area contributed by atoms with Gasteiger partial charge < -0.3 is 25.3 Å². The third kappa shape index (κ3) is 9.14. The molecular weight excluding hydrogens is 452 g/mol. The van der Waals surface area contributed by atoms with Crippen LogP contribution < -0.4 is 11.1 Å². The number of amides is 1. The van der Waals surface area contributed by atoms with Crippen molar-refractivity contribution in [2.45, 2.75) is 32.0 Å². The quantitative estimate of drug-likeness (QED) is 0.261. The van der Waals surface area contributed by atoms with Crippen molar-refractivity contribution >= 4 is 12.1 Å². The fourth-order valence-electron chi connectivity index (χ4n) is 3.10. The van der Waals surface area contributed by atoms with E-state index < -0.39 is 12.1 Å². The smallest absolute Gasteiger partial charge is 0.407 e. The van der Waals surface area contributed by atoms with E-state index in [0.29, 0.717) is 37.4 Å². The van der Waals surface area contributed by atoms with Gasteiger partial charge in [-0.15, -0.1) is 5.10 Å². The predicted octanol–water partition coefficient (Wildman–Crippen LogP) is 2.25. The van der Waals surface area contributed by atoms with Gasteiger partial charge in [-0.25, -0.2) is 14.3 Å². The van der Waals surface area contributed by atoms with Crippen molar-refractivity contribution in [3.63, 3.8) is 0 Å². The third-order valence-electron chi connectivity index (χ3n) is 4.92. The zero-order valence-electron chi connectivity index (χ0n) is 19.4. The van der Waals surface area contributed by atoms with Gasteiger partial charge in [0.25, 0.3) is 0 Å². The fraction of sp³-hybridized carbons (Fsp3) is 0.375. The number of nitrogens with zero attached hydrogens (tertiary/aromatic N) is 4. The van der Waals surface area contributed by atoms with Crippen LogP contribution in [-0.4, -0.2) is 58.6 Å². The molecule has 0 aliphatic rings. The topological polar surface area (TPSA) is 143 Å². The van der Waals surface area contributed by atoms with Gasteiger partial charge in [-0.2, -0.15) is 0 Å². The Morgan fingerprint density at radius 2 is 1.71 bits per heavy atom. The summed E-state index contributed by atoms with van der Waals surface area (Å²) in [5.41, 5.74) is 7.72. The van der Waals surface area contributed by atoms with Crippen LogP contribution in [0.1, 0.15) is 40.6 Å². The van der Waals surface area contributed by atoms with Gasteiger partial charge in [0.15, 0.2) is 5.82 Å². The van der Waals surface area contributed by atoms with Gasteiger partial charge in [0.1, 0.15) is 6.61 Å². The first-order valence-electron chi connectivity index (χ1n) is 11.4. The molecule has 1 amide bonds. The molecule has 1 atom stereocenters. The normalized spacial score (nSPS) is 11.6. The summed E-state index contributed by atoms with van der Waals surface area (Å²) in [6, 6.07) is 18.1. The van der Waals surface area contributed by atoms with E-state index in [0.717, 1.165) is 5.56 Å². The molecule has 1 unspecified atom stereocenters. The summed E-state index contributed by atoms with van der Waals surface area (Å²) in [6.45, 7) is 1.71. The number of unbranched alkanes of at least 4 members (excludes halogenated alkanes) is 1. The highest BCUT2D eigenvalue weighted by molar-refractivity contribution is 5.89. The van der Waals surface area contributed by atoms with Gasteiger partial charge in [0, 0.05) is 6.54 Å². The van der Waals surface area contributed by atoms with Gasteiger partial charge in [0.05, 0.1) is 38.0 Å². The van der Waals surface area contributed by atoms with Gasteiger partial charge in [-0.3, -0.25) is 0 Å². The molecular formula is C24H30N6O5. The van der Waals surface area contributed by atoms with E-state index in [1.54, 1.807) is 24.3 Å². The van der Waals surface area contributed by atoms with Crippen molar-refractivity contribution in [3.8, 4) is 0 Å². The summed E-state index contributed by atoms with van der Waals surface area (Å²) in [7, 11) is 0. The summed E-state index contributed by atoms with van der Waals surface area (Å²) in [5, 5.41) is 14.2. The number of hydrogen-bond donors (Lipinski definition) is 2. The molecule has 186 valence electrons. The van der Waals surface area contributed by atoms with Crippen LogP contribution in [0, 0.1) is 0 Å². The lowest BCUT2D eigenvalue weighted by molar-refractivity contribution is 0.0497. The van der Waals surface area contributed by atoms with Crippen LogP contribution in [0.25, 0.3) is 0 Å². The Morgan fingerprint density at radius 1 is 0.971 bits per heavy atom. The molecule has 11 heteroatoms. The third-order valence-corrected chi connectivity index (χ3v) is 4.92. The number of ether oxygens (including phenoxy) is 3. The molecule has 0 fully saturated rings. The van der Waals surface area contributed by atoms with E-state index in [1.165, 1.54) is 4.68 Å². The highest BCUT2D eigenvalue weighted by Gasteiger charge is 2.16. The molecule has 35 heavy (non-hydrogen) atoms. The predicted molar refractivity (Wildman–Crippen MR) is 126 cm³/mol. The summed E-state index contributed by atoms with van der Waals surface area (Å²) in [4.78, 5) is 23.7. The van der Waals surface area contributed by atoms with E-state index in [2.05, 4.69) is 20.8 Å². The lowest BCUT2D eigenvalue weighted by Gasteiger charge is -2.12. The Hall–Kier alpha value is -3.83. The lowest BCUT2D eigenvalue weighted by atomic mass is 10.2. The number of tetrazole rings is 1. The van der Waals surface area contributed by atoms with Crippen molar-refractivity contribution in [2.24, 2.45) is 5.73 Å². The molecule has 0 saturated carbocycles. The van der Waals surface area contributed by atoms with Crippen molar-refractivity contribution in [3.05, 3.63) is 77.6 Å². The van der Waals surface area contributed by atoms with Crippen LogP contribution in [0.3, 0.4) is 0 Å². The average Bonchev–Trinajstić information content (AvgIpc) is 3.36. The maximum Gasteiger partial charge on any atom is 0.407 e. The highest BCUT2D eigenvalue weighted by atomic mass is 16.5. The maximum atomic E-state index is 11.9. The summed E-state index contributed by atoms with van der Waals surface area (Å²) in [5.74, 6) is 0.0922. The number of rotatable bonds is 14. The van der Waals surface area contributed by atoms with Crippen LogP contribution in [0.4, 0.5) is 4.79 Å². The van der Waals surface area contributed by atoms with E-state index >= 15 is 0 Å². The van der Waals surface area contributed by atoms with Crippen LogP contribution in [0.5, 0.6) is 0 Å². The van der Waals surface area contributed by atoms with Crippen molar-refractivity contribution in [1.29, 1.82) is 0 Å². The summed E-state index contributed by atoms with van der Waals surface area (Å²) in [6.07, 6.45) is 0.722. The van der Waals surface area contributed by atoms with Crippen LogP contribution >= 0.6 is 0 Å². The molecule has 3 rings (SSSR count). The van der Waals surface area contributed by atoms with E-state index in [1.807, 2.05) is 36.4 Å². The van der Waals surface area contributed by atoms with Gasteiger partial charge in [-0.1, -0.05) is 48.5 Å². The Bertz CT molecular complexity index is 1030. The molecule has 2 aromatic carbocycles. The number of alkyl carbamates (subject to hydrolysis) is 1. The zero-order chi connectivity index (χ0) is 24.7. The Balaban J connectivity index is 1.25. The Morgan fingerprint density at radius 3 is 2.49 bits per heavy atom. The summed E-state index contributed by atoms with van der Waals surface area (Å²) >= 11 is 0. The minimum atomic E-state index is -0.545. The van der Waals surface area contributed by atoms with E-state index in [-0.39, 0.29) is 32.3 Å². The molecule has 0 aliphatic carbocycles. The molecule has 1 aromatic heterocycles. The molecule has 0 radical (unpaired) electrons. The first kappa shape index (κ1) is 25.8. The first-order valence-corrected chi connectivity index (χ1v) is 11.4. The van der Waals surface area contributed by atoms with E-state index in [9.17, 15) is 9.59 Å². The number of nitrogens with two attached hydrogens (primary N) is 1. The van der Waals surface area contributed by atoms with Crippen molar-refractivity contribution in [2.75, 3.05) is 26.4 Å². The van der Waals surface area contributed by atoms with Crippen molar-refractivity contribution in [1.82, 2.24) is 25.5 Å². The minimum Gasteiger partial charge on any atom is -0.462 e. The number of benzene rings is 2. The zero-order valence-corrected chi connectivity index (χ0v) is 19.4. The number of carbonyl (C=O) groups excluding carboxylic acids is 2. The lowest BCUT2D eigenvalue weighted by Crippen LogP contribution is -2.28. The van der Waals surface area contributed by atoms with Crippen LogP contribution in [-0.2, 0) is 27.4 Å². The van der Waals surface area contributed by atoms with Crippen LogP contribution in [0.15, 0.2) is 60.7 Å². The largest absolute Gasteiger partial charge is 0.462 e. The SMILES string of the molecule is NC(COCc1ccccc1)c1nnnn1CCOC(=O)NCCCCOC(=O)c1ccccc1. The molecule has 1 heterocycles. The highest BCUT2D eigenvalue weighted by Crippen LogP contribution is 2.08. The molecule has 3 aromatic rings. The average molecular weight is 483 g/mol. The second-order valence-electron chi connectivity index (χ2n) is 7.64. The Labute approximate surface area is 203 Å². The van der Waals surface area contributed by atoms with Gasteiger partial charge >= 0.3 is 12.1 Å². The van der Waals surface area contributed by atoms with Crippen molar-refractivity contribution < 1.29 is 23.8 Å². The molecule has 0 aliphatic heterocycles. The molecule has 0 spiro atoms. The summed E-state index contributed by atoms with van der Waals surface area (Å²) < 4.78 is 17.5. The van der Waals surface area contributed by atoms with E-state index in [4.69, 9.17) is 19.9 Å². The number of aromatic nitrogens is 4. The number of nitrogens with one attached hydrogen (secondary N) is 1. The second-order valence-corrected chi connectivity index (χ2v) is 7.64. The first-order chi connectivity index (χ1) is 17.1. The number of hydrogen-bond acceptors (Lipinski definition) is 9. The molecule has 0 bridgehead atoms. The molecule has 11 nitrogen and oxygen atoms in total. The molecule has 3 N–H and O–H groups in total. The van der Waals surface area contributed by atoms with Gasteiger partial charge in [0.2, 0.25) is 0 Å². The number of carbonyl (C=O) groups is 2. The van der Waals surface area contributed by atoms with Crippen LogP contribution in [0.2, 0.25) is 0 Å². The Kier molecular flexibility index (Phi) is 10.6. The van der Waals surface area contributed by atoms with Gasteiger partial charge in [-0.05, 0) is 41.0 Å².